The molecule has 11 heteroatoms. The zero-order chi connectivity index (χ0) is 36.1. The third-order valence-electron chi connectivity index (χ3n) is 15.5. The molecule has 6 aliphatic rings. The largest absolute Gasteiger partial charge is 0.462 e. The van der Waals surface area contributed by atoms with Crippen LogP contribution in [0.3, 0.4) is 0 Å². The fourth-order valence-corrected chi connectivity index (χ4v) is 13.1. The highest BCUT2D eigenvalue weighted by molar-refractivity contribution is 5.66. The molecule has 7 N–H and O–H groups in total. The second kappa shape index (κ2) is 12.8. The van der Waals surface area contributed by atoms with Crippen LogP contribution in [-0.2, 0) is 19.0 Å². The standard InChI is InChI=1S/C38H62O11/c1-19(16-47-17-23-30(43)31(44)32(45)33(46)49-23)9-8-10-20(2)29-22(40)14-35(6)25-12-11-24-34(4,5)28(48-21(3)39)13-26(41)38(24)18-37(25,38)15-27(42)36(29,35)7/h9,20,22-33,40-46H,8,10-18H2,1-7H3/b19-9+/t20-,22+,23-,24+,25+,26+,27-,28+,29+,30-,31+,32-,33-,35+,36-,37+,38-/m1/s1. The van der Waals surface area contributed by atoms with Crippen LogP contribution in [0.25, 0.3) is 0 Å². The minimum atomic E-state index is -1.60. The van der Waals surface area contributed by atoms with Gasteiger partial charge in [0.2, 0.25) is 0 Å². The molecule has 1 heterocycles. The van der Waals surface area contributed by atoms with Gasteiger partial charge in [-0.15, -0.1) is 0 Å². The summed E-state index contributed by atoms with van der Waals surface area (Å²) in [6.07, 6.45) is -0.947. The smallest absolute Gasteiger partial charge is 0.302 e. The summed E-state index contributed by atoms with van der Waals surface area (Å²) in [4.78, 5) is 12.0. The Hall–Kier alpha value is -1.15. The second-order valence-electron chi connectivity index (χ2n) is 18.1. The number of carbonyl (C=O) groups is 1. The number of ether oxygens (including phenoxy) is 3. The maximum atomic E-state index is 12.3. The van der Waals surface area contributed by atoms with Gasteiger partial charge in [0.1, 0.15) is 30.5 Å². The molecule has 2 spiro atoms. The predicted octanol–water partition coefficient (Wildman–Crippen LogP) is 2.45. The Morgan fingerprint density at radius 2 is 1.59 bits per heavy atom. The molecule has 1 aliphatic heterocycles. The molecule has 1 saturated heterocycles. The van der Waals surface area contributed by atoms with Crippen LogP contribution in [0.2, 0.25) is 0 Å². The molecule has 6 fully saturated rings. The van der Waals surface area contributed by atoms with Crippen molar-refractivity contribution in [1.82, 2.24) is 0 Å². The molecular weight excluding hydrogens is 632 g/mol. The molecule has 0 radical (unpaired) electrons. The van der Waals surface area contributed by atoms with E-state index in [1.807, 2.05) is 6.92 Å². The van der Waals surface area contributed by atoms with Crippen molar-refractivity contribution < 1.29 is 54.8 Å². The van der Waals surface area contributed by atoms with E-state index in [9.17, 15) is 40.5 Å². The maximum absolute atomic E-state index is 12.3. The van der Waals surface area contributed by atoms with Crippen molar-refractivity contribution in [3.05, 3.63) is 11.6 Å². The summed E-state index contributed by atoms with van der Waals surface area (Å²) in [5.41, 5.74) is -0.581. The van der Waals surface area contributed by atoms with E-state index >= 15 is 0 Å². The zero-order valence-electron chi connectivity index (χ0n) is 30.4. The van der Waals surface area contributed by atoms with E-state index in [0.717, 1.165) is 37.7 Å². The summed E-state index contributed by atoms with van der Waals surface area (Å²) in [5.74, 6) is 0.219. The molecule has 0 aromatic heterocycles. The molecule has 5 aliphatic carbocycles. The Bertz CT molecular complexity index is 1290. The summed E-state index contributed by atoms with van der Waals surface area (Å²) >= 11 is 0. The lowest BCUT2D eigenvalue weighted by Crippen LogP contribution is -2.64. The van der Waals surface area contributed by atoms with Gasteiger partial charge < -0.3 is 50.0 Å². The summed E-state index contributed by atoms with van der Waals surface area (Å²) < 4.78 is 16.7. The predicted molar refractivity (Wildman–Crippen MR) is 178 cm³/mol. The molecule has 0 unspecified atom stereocenters. The van der Waals surface area contributed by atoms with E-state index in [2.05, 4.69) is 40.7 Å². The monoisotopic (exact) mass is 694 g/mol. The van der Waals surface area contributed by atoms with E-state index in [0.29, 0.717) is 19.3 Å². The first kappa shape index (κ1) is 37.6. The fourth-order valence-electron chi connectivity index (χ4n) is 13.1. The van der Waals surface area contributed by atoms with Gasteiger partial charge in [-0.25, -0.2) is 0 Å². The van der Waals surface area contributed by atoms with Crippen LogP contribution in [0.1, 0.15) is 99.8 Å². The van der Waals surface area contributed by atoms with Crippen LogP contribution in [0.4, 0.5) is 0 Å². The summed E-state index contributed by atoms with van der Waals surface area (Å²) in [6.45, 7) is 14.7. The number of allylic oxidation sites excluding steroid dienone is 1. The molecule has 5 saturated carbocycles. The highest BCUT2D eigenvalue weighted by Gasteiger charge is 2.86. The Morgan fingerprint density at radius 1 is 0.918 bits per heavy atom. The second-order valence-corrected chi connectivity index (χ2v) is 18.1. The van der Waals surface area contributed by atoms with Gasteiger partial charge in [-0.1, -0.05) is 46.3 Å². The molecule has 6 rings (SSSR count). The van der Waals surface area contributed by atoms with Gasteiger partial charge in [0.05, 0.1) is 31.5 Å². The van der Waals surface area contributed by atoms with Crippen LogP contribution >= 0.6 is 0 Å². The zero-order valence-corrected chi connectivity index (χ0v) is 30.4. The van der Waals surface area contributed by atoms with Crippen molar-refractivity contribution in [1.29, 1.82) is 0 Å². The van der Waals surface area contributed by atoms with Crippen molar-refractivity contribution in [2.75, 3.05) is 13.2 Å². The average molecular weight is 695 g/mol. The van der Waals surface area contributed by atoms with Crippen molar-refractivity contribution >= 4 is 5.97 Å². The number of hydrogen-bond donors (Lipinski definition) is 7. The summed E-state index contributed by atoms with van der Waals surface area (Å²) in [7, 11) is 0. The van der Waals surface area contributed by atoms with Gasteiger partial charge in [0, 0.05) is 29.6 Å². The lowest BCUT2D eigenvalue weighted by atomic mass is 9.40. The van der Waals surface area contributed by atoms with Gasteiger partial charge in [0.25, 0.3) is 0 Å². The van der Waals surface area contributed by atoms with Crippen LogP contribution in [0.15, 0.2) is 11.6 Å². The van der Waals surface area contributed by atoms with Crippen molar-refractivity contribution in [2.24, 2.45) is 50.7 Å². The van der Waals surface area contributed by atoms with Gasteiger partial charge >= 0.3 is 5.97 Å². The molecular formula is C38H62O11. The molecule has 0 aromatic rings. The number of esters is 1. The first-order valence-corrected chi connectivity index (χ1v) is 18.6. The molecule has 11 nitrogen and oxygen atoms in total. The van der Waals surface area contributed by atoms with Crippen molar-refractivity contribution in [3.63, 3.8) is 0 Å². The van der Waals surface area contributed by atoms with Gasteiger partial charge in [-0.3, -0.25) is 4.79 Å². The number of aliphatic hydroxyl groups is 7. The molecule has 280 valence electrons. The Balaban J connectivity index is 1.11. The Morgan fingerprint density at radius 3 is 2.27 bits per heavy atom. The molecule has 0 amide bonds. The third kappa shape index (κ3) is 5.42. The topological polar surface area (TPSA) is 186 Å². The normalized spacial score (nSPS) is 52.3. The SMILES string of the molecule is CC(=O)O[C@H]1C[C@H](O)[C@]23C[C@]24C[C@@H](O)[C@]2(C)[C@@H]([C@H](C)CC/C=C(\C)COC[C@H]5O[C@@H](O)[C@H](O)[C@@H](O)[C@@H]5O)[C@@H](O)C[C@@]2(C)[C@@H]4CC[C@H]3C1(C)C. The van der Waals surface area contributed by atoms with Crippen LogP contribution < -0.4 is 0 Å². The van der Waals surface area contributed by atoms with Crippen molar-refractivity contribution in [3.8, 4) is 0 Å². The van der Waals surface area contributed by atoms with E-state index in [1.54, 1.807) is 0 Å². The maximum Gasteiger partial charge on any atom is 0.302 e. The van der Waals surface area contributed by atoms with Gasteiger partial charge in [-0.2, -0.15) is 0 Å². The van der Waals surface area contributed by atoms with E-state index in [-0.39, 0.29) is 70.6 Å². The quantitative estimate of drug-likeness (QED) is 0.139. The summed E-state index contributed by atoms with van der Waals surface area (Å²) in [6, 6.07) is 0. The van der Waals surface area contributed by atoms with E-state index < -0.39 is 54.4 Å². The number of rotatable bonds is 9. The Labute approximate surface area is 291 Å². The number of hydrogen-bond acceptors (Lipinski definition) is 11. The molecule has 17 atom stereocenters. The van der Waals surface area contributed by atoms with Gasteiger partial charge in [0.15, 0.2) is 6.29 Å². The lowest BCUT2D eigenvalue weighted by molar-refractivity contribution is -0.288. The first-order valence-electron chi connectivity index (χ1n) is 18.6. The van der Waals surface area contributed by atoms with Crippen LogP contribution in [0.5, 0.6) is 0 Å². The number of carbonyl (C=O) groups excluding carboxylic acids is 1. The summed E-state index contributed by atoms with van der Waals surface area (Å²) in [5, 5.41) is 75.4. The minimum absolute atomic E-state index is 0.0569. The molecule has 0 bridgehead atoms. The van der Waals surface area contributed by atoms with E-state index in [1.165, 1.54) is 6.92 Å². The van der Waals surface area contributed by atoms with E-state index in [4.69, 9.17) is 14.2 Å². The first-order chi connectivity index (χ1) is 22.8. The number of aliphatic hydroxyl groups excluding tert-OH is 7. The van der Waals surface area contributed by atoms with Crippen LogP contribution in [-0.4, -0.2) is 110 Å². The highest BCUT2D eigenvalue weighted by atomic mass is 16.6. The highest BCUT2D eigenvalue weighted by Crippen LogP contribution is 2.89. The molecule has 49 heavy (non-hydrogen) atoms. The molecule has 0 aromatic carbocycles. The minimum Gasteiger partial charge on any atom is -0.462 e. The van der Waals surface area contributed by atoms with Crippen LogP contribution in [0, 0.1) is 50.7 Å². The fraction of sp³-hybridized carbons (Fsp3) is 0.921. The van der Waals surface area contributed by atoms with Crippen molar-refractivity contribution in [2.45, 2.75) is 155 Å². The average Bonchev–Trinajstić information content (AvgIpc) is 3.63. The Kier molecular flexibility index (Phi) is 9.79. The van der Waals surface area contributed by atoms with Gasteiger partial charge in [-0.05, 0) is 86.4 Å². The lowest BCUT2D eigenvalue weighted by Gasteiger charge is -2.65. The third-order valence-corrected chi connectivity index (χ3v) is 15.5. The number of fused-ring (bicyclic) bond motifs is 2.